The average Bonchev–Trinajstić information content (AvgIpc) is 3.29. The Kier molecular flexibility index (Phi) is 51.3. The van der Waals surface area contributed by atoms with Gasteiger partial charge in [-0.25, -0.2) is 0 Å². The topological polar surface area (TPSA) is 78.9 Å². The Balaban J connectivity index is 4.34. The van der Waals surface area contributed by atoms with Gasteiger partial charge in [-0.2, -0.15) is 0 Å². The summed E-state index contributed by atoms with van der Waals surface area (Å²) in [5, 5.41) is 0. The molecule has 0 radical (unpaired) electrons. The van der Waals surface area contributed by atoms with Crippen molar-refractivity contribution in [2.24, 2.45) is 0 Å². The van der Waals surface area contributed by atoms with Crippen LogP contribution in [0.3, 0.4) is 0 Å². The van der Waals surface area contributed by atoms with Gasteiger partial charge in [-0.15, -0.1) is 0 Å². The first-order valence-electron chi connectivity index (χ1n) is 28.0. The highest BCUT2D eigenvalue weighted by molar-refractivity contribution is 5.71. The van der Waals surface area contributed by atoms with E-state index in [9.17, 15) is 14.4 Å². The Morgan fingerprint density at radius 2 is 0.578 bits per heavy atom. The van der Waals surface area contributed by atoms with Gasteiger partial charge in [0.25, 0.3) is 0 Å². The highest BCUT2D eigenvalue weighted by atomic mass is 16.6. The van der Waals surface area contributed by atoms with Crippen LogP contribution in [0.1, 0.15) is 297 Å². The Morgan fingerprint density at radius 1 is 0.312 bits per heavy atom. The van der Waals surface area contributed by atoms with Gasteiger partial charge in [0.15, 0.2) is 6.10 Å². The van der Waals surface area contributed by atoms with Crippen LogP contribution in [0.5, 0.6) is 0 Å². The molecule has 0 amide bonds. The second-order valence-corrected chi connectivity index (χ2v) is 18.8. The molecule has 0 saturated carbocycles. The molecule has 1 atom stereocenters. The number of carbonyl (C=O) groups excluding carboxylic acids is 3. The molecule has 64 heavy (non-hydrogen) atoms. The lowest BCUT2D eigenvalue weighted by Crippen LogP contribution is -2.30. The Labute approximate surface area is 397 Å². The summed E-state index contributed by atoms with van der Waals surface area (Å²) in [6.07, 6.45) is 62.7. The van der Waals surface area contributed by atoms with E-state index in [1.165, 1.54) is 173 Å². The second-order valence-electron chi connectivity index (χ2n) is 18.8. The number of carbonyl (C=O) groups is 3. The molecule has 0 aliphatic heterocycles. The number of allylic oxidation sites excluding steroid dienone is 6. The fourth-order valence-electron chi connectivity index (χ4n) is 8.10. The lowest BCUT2D eigenvalue weighted by molar-refractivity contribution is -0.167. The molecule has 6 heteroatoms. The number of hydrogen-bond acceptors (Lipinski definition) is 6. The molecule has 374 valence electrons. The molecular formula is C58H106O6. The molecule has 0 fully saturated rings. The molecule has 0 aliphatic rings. The summed E-state index contributed by atoms with van der Waals surface area (Å²) in [7, 11) is 0. The average molecular weight is 899 g/mol. The molecule has 0 N–H and O–H groups in total. The summed E-state index contributed by atoms with van der Waals surface area (Å²) in [6.45, 7) is 6.61. The maximum Gasteiger partial charge on any atom is 0.306 e. The molecule has 0 saturated heterocycles. The summed E-state index contributed by atoms with van der Waals surface area (Å²) in [6, 6.07) is 0. The van der Waals surface area contributed by atoms with E-state index in [-0.39, 0.29) is 31.1 Å². The minimum absolute atomic E-state index is 0.0760. The fourth-order valence-corrected chi connectivity index (χ4v) is 8.10. The van der Waals surface area contributed by atoms with Crippen molar-refractivity contribution in [3.05, 3.63) is 36.5 Å². The molecule has 6 nitrogen and oxygen atoms in total. The van der Waals surface area contributed by atoms with E-state index < -0.39 is 6.10 Å². The molecule has 0 aliphatic carbocycles. The number of rotatable bonds is 51. The van der Waals surface area contributed by atoms with Crippen LogP contribution in [0, 0.1) is 0 Å². The first kappa shape index (κ1) is 61.6. The summed E-state index contributed by atoms with van der Waals surface area (Å²) in [5.74, 6) is -0.881. The van der Waals surface area contributed by atoms with Gasteiger partial charge in [-0.1, -0.05) is 243 Å². The van der Waals surface area contributed by atoms with Crippen molar-refractivity contribution in [2.75, 3.05) is 13.2 Å². The van der Waals surface area contributed by atoms with Crippen molar-refractivity contribution < 1.29 is 28.6 Å². The van der Waals surface area contributed by atoms with Crippen molar-refractivity contribution in [1.29, 1.82) is 0 Å². The zero-order chi connectivity index (χ0) is 46.5. The van der Waals surface area contributed by atoms with Gasteiger partial charge in [0.2, 0.25) is 0 Å². The van der Waals surface area contributed by atoms with Crippen molar-refractivity contribution in [1.82, 2.24) is 0 Å². The van der Waals surface area contributed by atoms with Gasteiger partial charge in [0.1, 0.15) is 13.2 Å². The van der Waals surface area contributed by atoms with Crippen LogP contribution < -0.4 is 0 Å². The predicted molar refractivity (Wildman–Crippen MR) is 275 cm³/mol. The lowest BCUT2D eigenvalue weighted by Gasteiger charge is -2.18. The molecular weight excluding hydrogens is 793 g/mol. The van der Waals surface area contributed by atoms with E-state index in [1.807, 2.05) is 0 Å². The molecule has 0 aromatic rings. The number of unbranched alkanes of at least 4 members (excludes halogenated alkanes) is 34. The normalized spacial score (nSPS) is 12.2. The van der Waals surface area contributed by atoms with Crippen LogP contribution in [0.4, 0.5) is 0 Å². The van der Waals surface area contributed by atoms with E-state index in [0.29, 0.717) is 19.3 Å². The smallest absolute Gasteiger partial charge is 0.306 e. The van der Waals surface area contributed by atoms with Gasteiger partial charge >= 0.3 is 17.9 Å². The van der Waals surface area contributed by atoms with Gasteiger partial charge in [0.05, 0.1) is 0 Å². The van der Waals surface area contributed by atoms with Crippen LogP contribution in [0.15, 0.2) is 36.5 Å². The first-order valence-corrected chi connectivity index (χ1v) is 28.0. The standard InChI is InChI=1S/C58H106O6/c1-4-7-10-13-16-19-22-25-27-28-29-30-31-34-36-39-42-45-48-51-57(60)63-54-55(53-62-56(59)50-47-44-41-38-35-32-24-21-18-15-12-9-6-3)64-58(61)52-49-46-43-40-37-33-26-23-20-17-14-11-8-5-2/h14,17,23,26,28-29,55H,4-13,15-16,18-22,24-25,27,30-54H2,1-3H3/b17-14-,26-23-,29-28-/t55-/m1/s1. The van der Waals surface area contributed by atoms with Gasteiger partial charge in [-0.3, -0.25) is 14.4 Å². The first-order chi connectivity index (χ1) is 31.5. The molecule has 0 spiro atoms. The predicted octanol–water partition coefficient (Wildman–Crippen LogP) is 18.5. The molecule has 0 heterocycles. The van der Waals surface area contributed by atoms with Gasteiger partial charge in [-0.05, 0) is 70.6 Å². The summed E-state index contributed by atoms with van der Waals surface area (Å²) in [4.78, 5) is 38.1. The van der Waals surface area contributed by atoms with E-state index in [0.717, 1.165) is 83.5 Å². The summed E-state index contributed by atoms with van der Waals surface area (Å²) < 4.78 is 16.8. The fraction of sp³-hybridized carbons (Fsp3) is 0.845. The van der Waals surface area contributed by atoms with Gasteiger partial charge in [0, 0.05) is 19.3 Å². The highest BCUT2D eigenvalue weighted by Gasteiger charge is 2.19. The third-order valence-corrected chi connectivity index (χ3v) is 12.4. The van der Waals surface area contributed by atoms with Gasteiger partial charge < -0.3 is 14.2 Å². The minimum atomic E-state index is -0.778. The van der Waals surface area contributed by atoms with Crippen molar-refractivity contribution in [3.8, 4) is 0 Å². The number of ether oxygens (including phenoxy) is 3. The van der Waals surface area contributed by atoms with Crippen molar-refractivity contribution >= 4 is 17.9 Å². The van der Waals surface area contributed by atoms with Crippen molar-refractivity contribution in [2.45, 2.75) is 303 Å². The molecule has 0 rings (SSSR count). The number of hydrogen-bond donors (Lipinski definition) is 0. The third-order valence-electron chi connectivity index (χ3n) is 12.4. The van der Waals surface area contributed by atoms with Crippen LogP contribution in [0.25, 0.3) is 0 Å². The summed E-state index contributed by atoms with van der Waals surface area (Å²) >= 11 is 0. The molecule has 0 aromatic heterocycles. The molecule has 0 bridgehead atoms. The Hall–Kier alpha value is -2.37. The Morgan fingerprint density at radius 3 is 0.922 bits per heavy atom. The Bertz CT molecular complexity index is 1080. The maximum atomic E-state index is 12.8. The monoisotopic (exact) mass is 899 g/mol. The van der Waals surface area contributed by atoms with Crippen LogP contribution in [-0.4, -0.2) is 37.2 Å². The maximum absolute atomic E-state index is 12.8. The second kappa shape index (κ2) is 53.2. The zero-order valence-electron chi connectivity index (χ0n) is 42.8. The van der Waals surface area contributed by atoms with E-state index in [1.54, 1.807) is 0 Å². The minimum Gasteiger partial charge on any atom is -0.462 e. The van der Waals surface area contributed by atoms with Crippen LogP contribution >= 0.6 is 0 Å². The van der Waals surface area contributed by atoms with Crippen LogP contribution in [0.2, 0.25) is 0 Å². The van der Waals surface area contributed by atoms with Crippen LogP contribution in [-0.2, 0) is 28.6 Å². The quantitative estimate of drug-likeness (QED) is 0.0262. The zero-order valence-corrected chi connectivity index (χ0v) is 42.8. The largest absolute Gasteiger partial charge is 0.462 e. The SMILES string of the molecule is CCCC/C=C\C/C=C\CCCCCCCC(=O)O[C@@H](COC(=O)CCCCCCCCC/C=C\CCCCCCCCCC)COC(=O)CCCCCCCCCCCCCCC. The third kappa shape index (κ3) is 50.6. The van der Waals surface area contributed by atoms with Crippen molar-refractivity contribution in [3.63, 3.8) is 0 Å². The summed E-state index contributed by atoms with van der Waals surface area (Å²) in [5.41, 5.74) is 0. The van der Waals surface area contributed by atoms with E-state index in [4.69, 9.17) is 14.2 Å². The van der Waals surface area contributed by atoms with E-state index in [2.05, 4.69) is 57.2 Å². The molecule has 0 aromatic carbocycles. The highest BCUT2D eigenvalue weighted by Crippen LogP contribution is 2.16. The number of esters is 3. The molecule has 0 unspecified atom stereocenters. The lowest BCUT2D eigenvalue weighted by atomic mass is 10.0. The van der Waals surface area contributed by atoms with E-state index >= 15 is 0 Å².